The van der Waals surface area contributed by atoms with Crippen LogP contribution in [0.1, 0.15) is 5.89 Å². The molecule has 0 fully saturated rings. The average molecular weight is 222 g/mol. The summed E-state index contributed by atoms with van der Waals surface area (Å²) in [5, 5.41) is 21.9. The highest BCUT2D eigenvalue weighted by Crippen LogP contribution is 2.30. The lowest BCUT2D eigenvalue weighted by atomic mass is 10.2. The van der Waals surface area contributed by atoms with E-state index >= 15 is 0 Å². The molecule has 0 unspecified atom stereocenters. The smallest absolute Gasteiger partial charge is 0.252 e. The molecule has 6 nitrogen and oxygen atoms in total. The Morgan fingerprint density at radius 1 is 1.44 bits per heavy atom. The van der Waals surface area contributed by atoms with Crippen LogP contribution in [0.15, 0.2) is 22.7 Å². The van der Waals surface area contributed by atoms with Crippen LogP contribution in [0.4, 0.5) is 0 Å². The van der Waals surface area contributed by atoms with Crippen LogP contribution in [-0.4, -0.2) is 27.5 Å². The minimum atomic E-state index is -0.303. The Kier molecular flexibility index (Phi) is 2.74. The number of benzene rings is 1. The van der Waals surface area contributed by atoms with Crippen molar-refractivity contribution in [2.24, 2.45) is 0 Å². The summed E-state index contributed by atoms with van der Waals surface area (Å²) < 4.78 is 9.71. The number of aliphatic hydroxyl groups is 1. The highest BCUT2D eigenvalue weighted by atomic mass is 16.5. The van der Waals surface area contributed by atoms with Gasteiger partial charge in [0.2, 0.25) is 5.82 Å². The fourth-order valence-corrected chi connectivity index (χ4v) is 1.25. The average Bonchev–Trinajstić information content (AvgIpc) is 2.78. The van der Waals surface area contributed by atoms with Gasteiger partial charge in [0.25, 0.3) is 5.89 Å². The molecule has 1 heterocycles. The van der Waals surface area contributed by atoms with E-state index in [4.69, 9.17) is 14.4 Å². The number of phenolic OH excluding ortho intramolecular Hbond substituents is 1. The Hall–Kier alpha value is -2.08. The molecule has 16 heavy (non-hydrogen) atoms. The van der Waals surface area contributed by atoms with E-state index in [0.717, 1.165) is 0 Å². The molecule has 0 atom stereocenters. The second kappa shape index (κ2) is 4.19. The monoisotopic (exact) mass is 222 g/mol. The third kappa shape index (κ3) is 1.82. The number of nitrogens with zero attached hydrogens (tertiary/aromatic N) is 2. The largest absolute Gasteiger partial charge is 0.504 e. The Morgan fingerprint density at radius 3 is 2.88 bits per heavy atom. The second-order valence-corrected chi connectivity index (χ2v) is 3.06. The molecule has 2 N–H and O–H groups in total. The topological polar surface area (TPSA) is 88.6 Å². The van der Waals surface area contributed by atoms with Crippen molar-refractivity contribution in [2.45, 2.75) is 6.61 Å². The van der Waals surface area contributed by atoms with Gasteiger partial charge < -0.3 is 19.5 Å². The number of phenols is 1. The van der Waals surface area contributed by atoms with Crippen molar-refractivity contribution in [1.29, 1.82) is 0 Å². The van der Waals surface area contributed by atoms with Crippen molar-refractivity contribution >= 4 is 0 Å². The van der Waals surface area contributed by atoms with Crippen molar-refractivity contribution in [3.8, 4) is 22.9 Å². The molecule has 0 radical (unpaired) electrons. The van der Waals surface area contributed by atoms with Gasteiger partial charge >= 0.3 is 0 Å². The van der Waals surface area contributed by atoms with Gasteiger partial charge in [0.1, 0.15) is 6.61 Å². The maximum Gasteiger partial charge on any atom is 0.252 e. The van der Waals surface area contributed by atoms with Gasteiger partial charge in [-0.3, -0.25) is 0 Å². The highest BCUT2D eigenvalue weighted by molar-refractivity contribution is 5.60. The van der Waals surface area contributed by atoms with Gasteiger partial charge in [-0.15, -0.1) is 0 Å². The van der Waals surface area contributed by atoms with Crippen molar-refractivity contribution in [3.05, 3.63) is 24.1 Å². The Bertz CT molecular complexity index is 495. The summed E-state index contributed by atoms with van der Waals surface area (Å²) in [4.78, 5) is 3.94. The number of ether oxygens (including phenoxy) is 1. The number of methoxy groups -OCH3 is 1. The van der Waals surface area contributed by atoms with Crippen LogP contribution in [0, 0.1) is 0 Å². The summed E-state index contributed by atoms with van der Waals surface area (Å²) in [5.74, 6) is 0.842. The zero-order valence-corrected chi connectivity index (χ0v) is 8.54. The minimum absolute atomic E-state index is 0.0390. The number of aliphatic hydroxyl groups excluding tert-OH is 1. The van der Waals surface area contributed by atoms with Gasteiger partial charge in [0, 0.05) is 5.56 Å². The van der Waals surface area contributed by atoms with Crippen LogP contribution in [-0.2, 0) is 6.61 Å². The third-order valence-corrected chi connectivity index (χ3v) is 2.04. The van der Waals surface area contributed by atoms with Gasteiger partial charge in [0.15, 0.2) is 11.5 Å². The van der Waals surface area contributed by atoms with Crippen LogP contribution in [0.3, 0.4) is 0 Å². The SMILES string of the molecule is COc1cc(-c2noc(CO)n2)ccc1O. The molecule has 0 aliphatic rings. The van der Waals surface area contributed by atoms with Crippen LogP contribution in [0.5, 0.6) is 11.5 Å². The van der Waals surface area contributed by atoms with Crippen LogP contribution < -0.4 is 4.74 Å². The highest BCUT2D eigenvalue weighted by Gasteiger charge is 2.10. The zero-order chi connectivity index (χ0) is 11.5. The molecular formula is C10H10N2O4. The first-order chi connectivity index (χ1) is 7.74. The minimum Gasteiger partial charge on any atom is -0.504 e. The lowest BCUT2D eigenvalue weighted by Gasteiger charge is -2.03. The van der Waals surface area contributed by atoms with Crippen LogP contribution in [0.2, 0.25) is 0 Å². The number of aromatic nitrogens is 2. The molecule has 0 aliphatic carbocycles. The molecule has 2 rings (SSSR count). The molecule has 0 saturated heterocycles. The summed E-state index contributed by atoms with van der Waals surface area (Å²) in [6.45, 7) is -0.303. The van der Waals surface area contributed by atoms with Gasteiger partial charge in [-0.05, 0) is 18.2 Å². The summed E-state index contributed by atoms with van der Waals surface area (Å²) in [5.41, 5.74) is 0.637. The number of rotatable bonds is 3. The zero-order valence-electron chi connectivity index (χ0n) is 8.54. The lowest BCUT2D eigenvalue weighted by Crippen LogP contribution is -1.87. The predicted octanol–water partition coefficient (Wildman–Crippen LogP) is 0.943. The molecule has 0 saturated carbocycles. The standard InChI is InChI=1S/C10H10N2O4/c1-15-8-4-6(2-3-7(8)14)10-11-9(5-13)16-12-10/h2-4,13-14H,5H2,1H3. The predicted molar refractivity (Wildman–Crippen MR) is 53.9 cm³/mol. The Morgan fingerprint density at radius 2 is 2.25 bits per heavy atom. The van der Waals surface area contributed by atoms with E-state index in [0.29, 0.717) is 17.1 Å². The van der Waals surface area contributed by atoms with Crippen molar-refractivity contribution in [3.63, 3.8) is 0 Å². The summed E-state index contributed by atoms with van der Waals surface area (Å²) in [6, 6.07) is 4.69. The molecule has 1 aromatic carbocycles. The fourth-order valence-electron chi connectivity index (χ4n) is 1.25. The second-order valence-electron chi connectivity index (χ2n) is 3.06. The molecule has 0 bridgehead atoms. The first kappa shape index (κ1) is 10.4. The summed E-state index contributed by atoms with van der Waals surface area (Å²) in [7, 11) is 1.45. The number of hydrogen-bond acceptors (Lipinski definition) is 6. The quantitative estimate of drug-likeness (QED) is 0.803. The molecule has 0 aliphatic heterocycles. The van der Waals surface area contributed by atoms with E-state index in [1.54, 1.807) is 12.1 Å². The van der Waals surface area contributed by atoms with Gasteiger partial charge in [-0.1, -0.05) is 5.16 Å². The molecule has 0 amide bonds. The maximum absolute atomic E-state index is 9.40. The molecule has 6 heteroatoms. The van der Waals surface area contributed by atoms with Gasteiger partial charge in [0.05, 0.1) is 7.11 Å². The molecule has 0 spiro atoms. The Balaban J connectivity index is 2.40. The van der Waals surface area contributed by atoms with E-state index in [-0.39, 0.29) is 18.2 Å². The van der Waals surface area contributed by atoms with Gasteiger partial charge in [-0.25, -0.2) is 0 Å². The van der Waals surface area contributed by atoms with E-state index in [2.05, 4.69) is 10.1 Å². The molecule has 84 valence electrons. The molecule has 2 aromatic rings. The first-order valence-corrected chi connectivity index (χ1v) is 4.55. The maximum atomic E-state index is 9.40. The van der Waals surface area contributed by atoms with Crippen LogP contribution >= 0.6 is 0 Å². The Labute approximate surface area is 91.1 Å². The van der Waals surface area contributed by atoms with Crippen LogP contribution in [0.25, 0.3) is 11.4 Å². The van der Waals surface area contributed by atoms with E-state index in [9.17, 15) is 5.11 Å². The van der Waals surface area contributed by atoms with Gasteiger partial charge in [-0.2, -0.15) is 4.98 Å². The normalized spacial score (nSPS) is 10.4. The van der Waals surface area contributed by atoms with E-state index in [1.165, 1.54) is 13.2 Å². The summed E-state index contributed by atoms with van der Waals surface area (Å²) >= 11 is 0. The fraction of sp³-hybridized carbons (Fsp3) is 0.200. The lowest BCUT2D eigenvalue weighted by molar-refractivity contribution is 0.222. The first-order valence-electron chi connectivity index (χ1n) is 4.55. The van der Waals surface area contributed by atoms with Crippen molar-refractivity contribution in [2.75, 3.05) is 7.11 Å². The van der Waals surface area contributed by atoms with E-state index in [1.807, 2.05) is 0 Å². The number of hydrogen-bond donors (Lipinski definition) is 2. The molecular weight excluding hydrogens is 212 g/mol. The van der Waals surface area contributed by atoms with Crippen molar-refractivity contribution < 1.29 is 19.5 Å². The number of aromatic hydroxyl groups is 1. The molecule has 1 aromatic heterocycles. The van der Waals surface area contributed by atoms with E-state index < -0.39 is 0 Å². The third-order valence-electron chi connectivity index (χ3n) is 2.04. The summed E-state index contributed by atoms with van der Waals surface area (Å²) in [6.07, 6.45) is 0. The van der Waals surface area contributed by atoms with Crippen molar-refractivity contribution in [1.82, 2.24) is 10.1 Å².